The molecule has 2 aliphatic rings. The molecule has 2 aromatic carbocycles. The zero-order valence-corrected chi connectivity index (χ0v) is 21.3. The van der Waals surface area contributed by atoms with Crippen molar-refractivity contribution in [3.05, 3.63) is 62.1 Å². The third kappa shape index (κ3) is 4.85. The number of amides is 1. The molecular formula is C24H28Cl4N2O2. The van der Waals surface area contributed by atoms with Gasteiger partial charge < -0.3 is 9.64 Å². The van der Waals surface area contributed by atoms with Gasteiger partial charge in [-0.1, -0.05) is 46.9 Å². The Balaban J connectivity index is 0.00000289. The van der Waals surface area contributed by atoms with Gasteiger partial charge in [-0.2, -0.15) is 0 Å². The van der Waals surface area contributed by atoms with Crippen molar-refractivity contribution >= 4 is 53.1 Å². The fourth-order valence-corrected chi connectivity index (χ4v) is 5.74. The van der Waals surface area contributed by atoms with Crippen molar-refractivity contribution in [2.45, 2.75) is 44.2 Å². The molecule has 0 aromatic heterocycles. The van der Waals surface area contributed by atoms with Crippen molar-refractivity contribution in [1.82, 2.24) is 9.80 Å². The average Bonchev–Trinajstić information content (AvgIpc) is 3.32. The minimum atomic E-state index is -0.0545. The predicted molar refractivity (Wildman–Crippen MR) is 134 cm³/mol. The van der Waals surface area contributed by atoms with Crippen LogP contribution < -0.4 is 4.74 Å². The first-order chi connectivity index (χ1) is 14.9. The standard InChI is InChI=1S/C24H27Cl3N2O2.ClH/c1-28(22(30)14-17-18(25)9-10-19(26)23(17)27)24-16-6-5-7-21(31-2)15(16)8-11-20(24)29-12-3-4-13-29;/h5-7,9-10,20,24H,3-4,8,11-14H2,1-2H3;1H/t20-,24-;/m0./s1. The Bertz CT molecular complexity index is 979. The summed E-state index contributed by atoms with van der Waals surface area (Å²) >= 11 is 18.9. The average molecular weight is 518 g/mol. The number of rotatable bonds is 5. The highest BCUT2D eigenvalue weighted by molar-refractivity contribution is 6.44. The maximum atomic E-state index is 13.5. The van der Waals surface area contributed by atoms with E-state index >= 15 is 0 Å². The van der Waals surface area contributed by atoms with Crippen LogP contribution in [0.3, 0.4) is 0 Å². The number of likely N-dealkylation sites (tertiary alicyclic amines) is 1. The zero-order valence-electron chi connectivity index (χ0n) is 18.2. The van der Waals surface area contributed by atoms with E-state index in [0.717, 1.165) is 31.7 Å². The molecule has 4 rings (SSSR count). The van der Waals surface area contributed by atoms with E-state index in [4.69, 9.17) is 39.5 Å². The normalized spacial score (nSPS) is 20.4. The molecule has 0 saturated carbocycles. The van der Waals surface area contributed by atoms with E-state index in [2.05, 4.69) is 11.0 Å². The number of benzene rings is 2. The predicted octanol–water partition coefficient (Wildman–Crippen LogP) is 6.23. The molecule has 1 saturated heterocycles. The Morgan fingerprint density at radius 3 is 2.50 bits per heavy atom. The molecule has 1 heterocycles. The lowest BCUT2D eigenvalue weighted by atomic mass is 9.81. The van der Waals surface area contributed by atoms with Crippen molar-refractivity contribution in [1.29, 1.82) is 0 Å². The van der Waals surface area contributed by atoms with Gasteiger partial charge in [-0.25, -0.2) is 0 Å². The number of carbonyl (C=O) groups excluding carboxylic acids is 1. The fourth-order valence-electron chi connectivity index (χ4n) is 5.06. The molecule has 32 heavy (non-hydrogen) atoms. The van der Waals surface area contributed by atoms with Crippen molar-refractivity contribution in [2.75, 3.05) is 27.2 Å². The Morgan fingerprint density at radius 2 is 1.81 bits per heavy atom. The summed E-state index contributed by atoms with van der Waals surface area (Å²) in [6, 6.07) is 9.71. The smallest absolute Gasteiger partial charge is 0.227 e. The van der Waals surface area contributed by atoms with Gasteiger partial charge in [0.15, 0.2) is 0 Å². The highest BCUT2D eigenvalue weighted by atomic mass is 35.5. The van der Waals surface area contributed by atoms with Crippen molar-refractivity contribution in [3.8, 4) is 5.75 Å². The first-order valence-corrected chi connectivity index (χ1v) is 11.8. The summed E-state index contributed by atoms with van der Waals surface area (Å²) in [6.07, 6.45) is 4.47. The third-order valence-electron chi connectivity index (χ3n) is 6.65. The van der Waals surface area contributed by atoms with Gasteiger partial charge in [0.05, 0.1) is 29.6 Å². The van der Waals surface area contributed by atoms with Crippen LogP contribution in [-0.2, 0) is 17.6 Å². The number of fused-ring (bicyclic) bond motifs is 1. The summed E-state index contributed by atoms with van der Waals surface area (Å²) < 4.78 is 5.64. The van der Waals surface area contributed by atoms with Crippen LogP contribution in [0.25, 0.3) is 0 Å². The topological polar surface area (TPSA) is 32.8 Å². The van der Waals surface area contributed by atoms with Crippen LogP contribution in [0.1, 0.15) is 42.0 Å². The number of hydrogen-bond acceptors (Lipinski definition) is 3. The summed E-state index contributed by atoms with van der Waals surface area (Å²) in [5.74, 6) is 0.861. The van der Waals surface area contributed by atoms with Gasteiger partial charge in [-0.3, -0.25) is 9.69 Å². The molecular weight excluding hydrogens is 490 g/mol. The van der Waals surface area contributed by atoms with E-state index < -0.39 is 0 Å². The number of halogens is 4. The summed E-state index contributed by atoms with van der Waals surface area (Å²) in [4.78, 5) is 17.9. The van der Waals surface area contributed by atoms with Crippen molar-refractivity contribution in [3.63, 3.8) is 0 Å². The van der Waals surface area contributed by atoms with Crippen LogP contribution in [0.4, 0.5) is 0 Å². The second-order valence-corrected chi connectivity index (χ2v) is 9.52. The molecule has 0 radical (unpaired) electrons. The van der Waals surface area contributed by atoms with Crippen LogP contribution >= 0.6 is 47.2 Å². The van der Waals surface area contributed by atoms with E-state index in [1.807, 2.05) is 24.1 Å². The van der Waals surface area contributed by atoms with Gasteiger partial charge in [-0.05, 0) is 68.1 Å². The fraction of sp³-hybridized carbons (Fsp3) is 0.458. The van der Waals surface area contributed by atoms with E-state index in [-0.39, 0.29) is 36.8 Å². The largest absolute Gasteiger partial charge is 0.496 e. The van der Waals surface area contributed by atoms with E-state index in [0.29, 0.717) is 20.6 Å². The van der Waals surface area contributed by atoms with Crippen molar-refractivity contribution in [2.24, 2.45) is 0 Å². The lowest BCUT2D eigenvalue weighted by molar-refractivity contribution is -0.133. The second-order valence-electron chi connectivity index (χ2n) is 8.33. The third-order valence-corrected chi connectivity index (χ3v) is 7.85. The van der Waals surface area contributed by atoms with E-state index in [1.54, 1.807) is 19.2 Å². The second kappa shape index (κ2) is 10.8. The molecule has 0 N–H and O–H groups in total. The molecule has 1 fully saturated rings. The molecule has 2 atom stereocenters. The monoisotopic (exact) mass is 516 g/mol. The van der Waals surface area contributed by atoms with Gasteiger partial charge in [-0.15, -0.1) is 12.4 Å². The van der Waals surface area contributed by atoms with Gasteiger partial charge in [0.1, 0.15) is 5.75 Å². The minimum absolute atomic E-state index is 0. The van der Waals surface area contributed by atoms with Gasteiger partial charge >= 0.3 is 0 Å². The lowest BCUT2D eigenvalue weighted by Crippen LogP contribution is -2.48. The number of methoxy groups -OCH3 is 1. The van der Waals surface area contributed by atoms with Crippen LogP contribution in [-0.4, -0.2) is 49.0 Å². The summed E-state index contributed by atoms with van der Waals surface area (Å²) in [7, 11) is 3.59. The van der Waals surface area contributed by atoms with Crippen molar-refractivity contribution < 1.29 is 9.53 Å². The molecule has 2 aromatic rings. The Kier molecular flexibility index (Phi) is 8.62. The number of nitrogens with zero attached hydrogens (tertiary/aromatic N) is 2. The SMILES string of the molecule is COc1cccc2c1CC[C@H](N1CCCC1)[C@H]2N(C)C(=O)Cc1c(Cl)ccc(Cl)c1Cl.Cl. The Hall–Kier alpha value is -1.17. The molecule has 0 bridgehead atoms. The van der Waals surface area contributed by atoms with Gasteiger partial charge in [0, 0.05) is 23.7 Å². The Labute approximate surface area is 211 Å². The van der Waals surface area contributed by atoms with E-state index in [1.165, 1.54) is 24.0 Å². The van der Waals surface area contributed by atoms with Gasteiger partial charge in [0.25, 0.3) is 0 Å². The quantitative estimate of drug-likeness (QED) is 0.440. The molecule has 4 nitrogen and oxygen atoms in total. The van der Waals surface area contributed by atoms with E-state index in [9.17, 15) is 4.79 Å². The number of hydrogen-bond donors (Lipinski definition) is 0. The lowest BCUT2D eigenvalue weighted by Gasteiger charge is -2.44. The van der Waals surface area contributed by atoms with Crippen LogP contribution in [0.15, 0.2) is 30.3 Å². The summed E-state index contributed by atoms with van der Waals surface area (Å²) in [6.45, 7) is 2.16. The Morgan fingerprint density at radius 1 is 1.12 bits per heavy atom. The maximum absolute atomic E-state index is 13.5. The highest BCUT2D eigenvalue weighted by Gasteiger charge is 2.39. The molecule has 174 valence electrons. The summed E-state index contributed by atoms with van der Waals surface area (Å²) in [5, 5.41) is 1.20. The first-order valence-electron chi connectivity index (χ1n) is 10.7. The molecule has 0 unspecified atom stereocenters. The number of ether oxygens (including phenoxy) is 1. The van der Waals surface area contributed by atoms with Crippen LogP contribution in [0.5, 0.6) is 5.75 Å². The van der Waals surface area contributed by atoms with Gasteiger partial charge in [0.2, 0.25) is 5.91 Å². The minimum Gasteiger partial charge on any atom is -0.496 e. The van der Waals surface area contributed by atoms with Crippen LogP contribution in [0, 0.1) is 0 Å². The maximum Gasteiger partial charge on any atom is 0.227 e. The molecule has 8 heteroatoms. The number of likely N-dealkylation sites (N-methyl/N-ethyl adjacent to an activating group) is 1. The molecule has 1 amide bonds. The first kappa shape index (κ1) is 25.5. The van der Waals surface area contributed by atoms with Crippen LogP contribution in [0.2, 0.25) is 15.1 Å². The number of carbonyl (C=O) groups is 1. The highest BCUT2D eigenvalue weighted by Crippen LogP contribution is 2.42. The zero-order chi connectivity index (χ0) is 22.1. The summed E-state index contributed by atoms with van der Waals surface area (Å²) in [5.41, 5.74) is 2.94. The molecule has 0 spiro atoms. The molecule has 1 aliphatic heterocycles. The molecule has 1 aliphatic carbocycles.